The van der Waals surface area contributed by atoms with E-state index < -0.39 is 11.7 Å². The van der Waals surface area contributed by atoms with E-state index in [1.54, 1.807) is 18.2 Å². The lowest BCUT2D eigenvalue weighted by molar-refractivity contribution is -0.137. The van der Waals surface area contributed by atoms with Crippen molar-refractivity contribution >= 4 is 43.6 Å². The van der Waals surface area contributed by atoms with E-state index in [4.69, 9.17) is 0 Å². The summed E-state index contributed by atoms with van der Waals surface area (Å²) in [5.41, 5.74) is 23.4. The Morgan fingerprint density at radius 1 is 0.321 bits per heavy atom. The molecule has 84 heavy (non-hydrogen) atoms. The Hall–Kier alpha value is -10.2. The van der Waals surface area contributed by atoms with Crippen LogP contribution in [-0.2, 0) is 6.18 Å². The van der Waals surface area contributed by atoms with Crippen molar-refractivity contribution in [3.8, 4) is 90.3 Å². The highest BCUT2D eigenvalue weighted by Gasteiger charge is 2.35. The largest absolute Gasteiger partial charge is 0.417 e. The minimum absolute atomic E-state index is 0.0848. The van der Waals surface area contributed by atoms with E-state index in [-0.39, 0.29) is 16.7 Å². The molecule has 2 aromatic heterocycles. The summed E-state index contributed by atoms with van der Waals surface area (Å²) in [6.45, 7) is 16.9. The van der Waals surface area contributed by atoms with E-state index >= 15 is 13.2 Å². The fourth-order valence-electron chi connectivity index (χ4n) is 13.2. The van der Waals surface area contributed by atoms with E-state index in [0.717, 1.165) is 139 Å². The Morgan fingerprint density at radius 2 is 0.690 bits per heavy atom. The maximum absolute atomic E-state index is 15.4. The number of benzene rings is 11. The molecule has 2 heterocycles. The summed E-state index contributed by atoms with van der Waals surface area (Å²) in [5, 5.41) is 25.4. The van der Waals surface area contributed by atoms with Crippen LogP contribution in [0.2, 0.25) is 0 Å². The van der Waals surface area contributed by atoms with Gasteiger partial charge >= 0.3 is 6.18 Å². The first-order valence-electron chi connectivity index (χ1n) is 28.2. The van der Waals surface area contributed by atoms with Gasteiger partial charge in [0.2, 0.25) is 0 Å². The van der Waals surface area contributed by atoms with Crippen molar-refractivity contribution in [3.05, 3.63) is 261 Å². The Kier molecular flexibility index (Phi) is 12.9. The number of aromatic nitrogens is 2. The Labute approximate surface area is 487 Å². The number of fused-ring (bicyclic) bond motifs is 6. The number of alkyl halides is 3. The van der Waals surface area contributed by atoms with Gasteiger partial charge in [-0.2, -0.15) is 23.7 Å². The lowest BCUT2D eigenvalue weighted by Crippen LogP contribution is -2.08. The molecule has 0 unspecified atom stereocenters. The Bertz CT molecular complexity index is 4710. The average Bonchev–Trinajstić information content (AvgIpc) is 1.83. The Balaban J connectivity index is 1.14. The second kappa shape index (κ2) is 20.3. The standard InChI is InChI=1S/C77H57F3N4/c1-44-24-45(2)29-59(28-44)53-13-19-70-64(37-53)65-38-54(60-30-46(3)25-47(4)31-60)14-20-71(65)83(70)74-23-17-57(63-18-12-52(42-81)36-69(63)77(78,79)80)41-68(74)76-58(43-82)10-9-11-75(76)84-72-21-15-55(61-32-48(5)26-49(6)33-61)39-66(72)67-40-56(16-22-73(67)84)62-34-50(7)27-51(8)35-62/h9-41H,1-8H3. The van der Waals surface area contributed by atoms with Crippen LogP contribution in [0.25, 0.3) is 122 Å². The quantitative estimate of drug-likeness (QED) is 0.152. The number of hydrogen-bond donors (Lipinski definition) is 0. The first-order valence-corrected chi connectivity index (χ1v) is 28.2. The zero-order valence-corrected chi connectivity index (χ0v) is 48.0. The zero-order chi connectivity index (χ0) is 58.5. The highest BCUT2D eigenvalue weighted by Crippen LogP contribution is 2.47. The summed E-state index contributed by atoms with van der Waals surface area (Å²) < 4.78 is 50.6. The first kappa shape index (κ1) is 53.1. The molecular weight excluding hydrogens is 1040 g/mol. The molecule has 0 amide bonds. The lowest BCUT2D eigenvalue weighted by Gasteiger charge is -2.21. The zero-order valence-electron chi connectivity index (χ0n) is 48.0. The summed E-state index contributed by atoms with van der Waals surface area (Å²) in [6, 6.07) is 71.9. The van der Waals surface area contributed by atoms with Gasteiger partial charge in [-0.25, -0.2) is 0 Å². The molecule has 0 saturated carbocycles. The summed E-state index contributed by atoms with van der Waals surface area (Å²) in [5.74, 6) is 0. The molecule has 0 spiro atoms. The molecule has 0 aliphatic rings. The molecule has 406 valence electrons. The average molecular weight is 1100 g/mol. The van der Waals surface area contributed by atoms with Gasteiger partial charge in [0.1, 0.15) is 0 Å². The second-order valence-corrected chi connectivity index (χ2v) is 23.0. The monoisotopic (exact) mass is 1090 g/mol. The highest BCUT2D eigenvalue weighted by atomic mass is 19.4. The van der Waals surface area contributed by atoms with Gasteiger partial charge in [-0.3, -0.25) is 0 Å². The molecule has 13 rings (SSSR count). The fraction of sp³-hybridized carbons (Fsp3) is 0.117. The molecule has 0 bridgehead atoms. The summed E-state index contributed by atoms with van der Waals surface area (Å²) in [4.78, 5) is 0. The van der Waals surface area contributed by atoms with Gasteiger partial charge in [-0.05, 0) is 196 Å². The number of nitriles is 2. The lowest BCUT2D eigenvalue weighted by atomic mass is 9.90. The van der Waals surface area contributed by atoms with Crippen LogP contribution in [-0.4, -0.2) is 9.13 Å². The van der Waals surface area contributed by atoms with Crippen LogP contribution in [0.1, 0.15) is 61.2 Å². The van der Waals surface area contributed by atoms with E-state index in [1.165, 1.54) is 12.1 Å². The Morgan fingerprint density at radius 3 is 1.05 bits per heavy atom. The number of nitrogens with zero attached hydrogens (tertiary/aromatic N) is 4. The molecule has 0 aliphatic carbocycles. The predicted molar refractivity (Wildman–Crippen MR) is 340 cm³/mol. The maximum Gasteiger partial charge on any atom is 0.417 e. The fourth-order valence-corrected chi connectivity index (χ4v) is 13.2. The summed E-state index contributed by atoms with van der Waals surface area (Å²) in [7, 11) is 0. The van der Waals surface area contributed by atoms with E-state index in [2.05, 4.69) is 216 Å². The van der Waals surface area contributed by atoms with Crippen molar-refractivity contribution in [2.75, 3.05) is 0 Å². The molecule has 13 aromatic rings. The van der Waals surface area contributed by atoms with Crippen molar-refractivity contribution in [3.63, 3.8) is 0 Å². The van der Waals surface area contributed by atoms with Crippen molar-refractivity contribution in [1.82, 2.24) is 9.13 Å². The minimum Gasteiger partial charge on any atom is -0.309 e. The third-order valence-corrected chi connectivity index (χ3v) is 16.4. The molecule has 0 aliphatic heterocycles. The molecule has 0 radical (unpaired) electrons. The second-order valence-electron chi connectivity index (χ2n) is 23.0. The number of rotatable bonds is 8. The van der Waals surface area contributed by atoms with Crippen molar-refractivity contribution in [1.29, 1.82) is 10.5 Å². The molecule has 0 fully saturated rings. The minimum atomic E-state index is -4.79. The van der Waals surface area contributed by atoms with E-state index in [0.29, 0.717) is 28.1 Å². The molecule has 4 nitrogen and oxygen atoms in total. The summed E-state index contributed by atoms with van der Waals surface area (Å²) in [6.07, 6.45) is -4.79. The van der Waals surface area contributed by atoms with Crippen molar-refractivity contribution in [2.45, 2.75) is 61.6 Å². The molecule has 7 heteroatoms. The predicted octanol–water partition coefficient (Wildman–Crippen LogP) is 21.1. The first-order chi connectivity index (χ1) is 40.4. The third kappa shape index (κ3) is 9.38. The van der Waals surface area contributed by atoms with Gasteiger partial charge in [0.25, 0.3) is 0 Å². The van der Waals surface area contributed by atoms with Crippen LogP contribution in [0, 0.1) is 78.1 Å². The topological polar surface area (TPSA) is 57.4 Å². The van der Waals surface area contributed by atoms with Gasteiger partial charge in [-0.1, -0.05) is 160 Å². The van der Waals surface area contributed by atoms with Gasteiger partial charge in [0.05, 0.1) is 62.3 Å². The van der Waals surface area contributed by atoms with Crippen molar-refractivity contribution in [2.24, 2.45) is 0 Å². The van der Waals surface area contributed by atoms with Gasteiger partial charge in [0, 0.05) is 32.7 Å². The van der Waals surface area contributed by atoms with Gasteiger partial charge in [0.15, 0.2) is 0 Å². The van der Waals surface area contributed by atoms with Gasteiger partial charge < -0.3 is 9.13 Å². The SMILES string of the molecule is Cc1cc(C)cc(-c2ccc3c(c2)c2cc(-c4cc(C)cc(C)c4)ccc2n3-c2ccc(-c3ccc(C#N)cc3C(F)(F)F)cc2-c2c(C#N)cccc2-n2c3ccc(-c4cc(C)cc(C)c4)cc3c3cc(-c4cc(C)cc(C)c4)ccc32)c1. The molecular formula is C77H57F3N4. The number of halogens is 3. The van der Waals surface area contributed by atoms with Gasteiger partial charge in [-0.15, -0.1) is 0 Å². The van der Waals surface area contributed by atoms with E-state index in [1.807, 2.05) is 24.3 Å². The third-order valence-electron chi connectivity index (χ3n) is 16.4. The summed E-state index contributed by atoms with van der Waals surface area (Å²) >= 11 is 0. The van der Waals surface area contributed by atoms with Crippen LogP contribution in [0.4, 0.5) is 13.2 Å². The van der Waals surface area contributed by atoms with E-state index in [9.17, 15) is 10.5 Å². The number of aryl methyl sites for hydroxylation is 8. The van der Waals surface area contributed by atoms with Crippen LogP contribution >= 0.6 is 0 Å². The smallest absolute Gasteiger partial charge is 0.309 e. The number of hydrogen-bond acceptors (Lipinski definition) is 2. The molecule has 0 saturated heterocycles. The normalized spacial score (nSPS) is 11.7. The molecule has 0 atom stereocenters. The highest BCUT2D eigenvalue weighted by molar-refractivity contribution is 6.14. The maximum atomic E-state index is 15.4. The van der Waals surface area contributed by atoms with Crippen LogP contribution in [0.5, 0.6) is 0 Å². The van der Waals surface area contributed by atoms with Crippen molar-refractivity contribution < 1.29 is 13.2 Å². The van der Waals surface area contributed by atoms with Crippen LogP contribution in [0.15, 0.2) is 200 Å². The van der Waals surface area contributed by atoms with Crippen LogP contribution in [0.3, 0.4) is 0 Å². The molecule has 0 N–H and O–H groups in total. The molecule has 11 aromatic carbocycles. The van der Waals surface area contributed by atoms with Crippen LogP contribution < -0.4 is 0 Å².